The molecule has 1 aliphatic rings. The zero-order valence-corrected chi connectivity index (χ0v) is 27.7. The maximum atomic E-state index is 6.32. The Balaban J connectivity index is 1.26. The van der Waals surface area contributed by atoms with Crippen LogP contribution in [0.2, 0.25) is 0 Å². The van der Waals surface area contributed by atoms with Crippen molar-refractivity contribution in [2.45, 2.75) is 6.17 Å². The van der Waals surface area contributed by atoms with Crippen LogP contribution in [-0.4, -0.2) is 11.7 Å². The van der Waals surface area contributed by atoms with Crippen LogP contribution in [0.1, 0.15) is 22.9 Å². The first kappa shape index (κ1) is 28.7. The average Bonchev–Trinajstić information content (AvgIpc) is 3.78. The summed E-state index contributed by atoms with van der Waals surface area (Å²) < 4.78 is 8.77. The van der Waals surface area contributed by atoms with Crippen LogP contribution in [0.3, 0.4) is 0 Å². The predicted molar refractivity (Wildman–Crippen MR) is 209 cm³/mol. The summed E-state index contributed by atoms with van der Waals surface area (Å²) >= 11 is 1.84. The Bertz CT molecular complexity index is 2780. The van der Waals surface area contributed by atoms with Crippen molar-refractivity contribution < 1.29 is 4.42 Å². The molecule has 0 radical (unpaired) electrons. The van der Waals surface area contributed by atoms with Crippen LogP contribution in [0.15, 0.2) is 178 Å². The second-order valence-corrected chi connectivity index (χ2v) is 13.5. The fourth-order valence-corrected chi connectivity index (χ4v) is 8.65. The number of furan rings is 1. The standard InChI is InChI=1S/C45H29N3OS/c1-4-14-28(15-5-1)31-26-27-36(45-47-43(29-16-6-2-7-17-29)46-44(48-45)30-18-8-3-9-19-30)40-35-23-12-22-33(41(35)50-42(31)40)32-21-13-25-38-39(32)34-20-10-11-24-37(34)49-38/h1-27,43H,(H,46,47,48). The lowest BCUT2D eigenvalue weighted by atomic mass is 9.95. The molecule has 0 saturated heterocycles. The van der Waals surface area contributed by atoms with Crippen molar-refractivity contribution >= 4 is 65.1 Å². The van der Waals surface area contributed by atoms with Gasteiger partial charge in [0.1, 0.15) is 23.2 Å². The van der Waals surface area contributed by atoms with Crippen LogP contribution in [-0.2, 0) is 0 Å². The van der Waals surface area contributed by atoms with Crippen LogP contribution in [0.5, 0.6) is 0 Å². The van der Waals surface area contributed by atoms with Crippen molar-refractivity contribution in [1.82, 2.24) is 5.32 Å². The Morgan fingerprint density at radius 3 is 1.94 bits per heavy atom. The van der Waals surface area contributed by atoms with Crippen LogP contribution in [0, 0.1) is 0 Å². The number of amidine groups is 2. The van der Waals surface area contributed by atoms with Gasteiger partial charge in [-0.1, -0.05) is 146 Å². The molecule has 2 aromatic heterocycles. The normalized spacial score (nSPS) is 14.6. The van der Waals surface area contributed by atoms with Gasteiger partial charge in [-0.15, -0.1) is 11.3 Å². The van der Waals surface area contributed by atoms with Gasteiger partial charge in [0.05, 0.1) is 0 Å². The molecule has 0 amide bonds. The molecular formula is C45H29N3OS. The van der Waals surface area contributed by atoms with Crippen molar-refractivity contribution in [2.75, 3.05) is 0 Å². The number of hydrogen-bond acceptors (Lipinski definition) is 5. The Labute approximate surface area is 292 Å². The molecule has 1 N–H and O–H groups in total. The molecule has 0 bridgehead atoms. The van der Waals surface area contributed by atoms with Crippen molar-refractivity contribution in [2.24, 2.45) is 9.98 Å². The van der Waals surface area contributed by atoms with Gasteiger partial charge in [0.2, 0.25) is 0 Å². The zero-order valence-electron chi connectivity index (χ0n) is 26.9. The SMILES string of the molecule is c1ccc(C2=NC(c3ccc(-c4ccccc4)c4sc5c(-c6cccc7oc8ccccc8c67)cccc5c34)=NC(c3ccccc3)N2)cc1. The predicted octanol–water partition coefficient (Wildman–Crippen LogP) is 11.8. The van der Waals surface area contributed by atoms with Gasteiger partial charge < -0.3 is 9.73 Å². The van der Waals surface area contributed by atoms with Crippen molar-refractivity contribution in [3.05, 3.63) is 180 Å². The highest BCUT2D eigenvalue weighted by molar-refractivity contribution is 7.27. The third-order valence-electron chi connectivity index (χ3n) is 9.57. The molecule has 50 heavy (non-hydrogen) atoms. The monoisotopic (exact) mass is 659 g/mol. The van der Waals surface area contributed by atoms with Crippen molar-refractivity contribution in [3.63, 3.8) is 0 Å². The molecule has 236 valence electrons. The summed E-state index contributed by atoms with van der Waals surface area (Å²) in [6, 6.07) is 57.2. The summed E-state index contributed by atoms with van der Waals surface area (Å²) in [4.78, 5) is 10.5. The highest BCUT2D eigenvalue weighted by atomic mass is 32.1. The number of nitrogens with one attached hydrogen (secondary N) is 1. The zero-order chi connectivity index (χ0) is 33.0. The smallest absolute Gasteiger partial charge is 0.160 e. The second kappa shape index (κ2) is 11.7. The molecule has 0 fully saturated rings. The largest absolute Gasteiger partial charge is 0.456 e. The van der Waals surface area contributed by atoms with E-state index in [2.05, 4.69) is 133 Å². The molecule has 0 spiro atoms. The fraction of sp³-hybridized carbons (Fsp3) is 0.0222. The van der Waals surface area contributed by atoms with Gasteiger partial charge >= 0.3 is 0 Å². The van der Waals surface area contributed by atoms with E-state index in [1.807, 2.05) is 47.7 Å². The molecule has 1 aliphatic heterocycles. The summed E-state index contributed by atoms with van der Waals surface area (Å²) in [5.41, 5.74) is 9.66. The lowest BCUT2D eigenvalue weighted by molar-refractivity contribution is 0.669. The van der Waals surface area contributed by atoms with E-state index in [9.17, 15) is 0 Å². The van der Waals surface area contributed by atoms with E-state index in [1.165, 1.54) is 42.4 Å². The summed E-state index contributed by atoms with van der Waals surface area (Å²) in [7, 11) is 0. The molecule has 5 heteroatoms. The number of nitrogens with zero attached hydrogens (tertiary/aromatic N) is 2. The minimum Gasteiger partial charge on any atom is -0.456 e. The molecule has 9 aromatic rings. The molecule has 10 rings (SSSR count). The summed E-state index contributed by atoms with van der Waals surface area (Å²) in [6.45, 7) is 0. The van der Waals surface area contributed by atoms with Crippen molar-refractivity contribution in [1.29, 1.82) is 0 Å². The van der Waals surface area contributed by atoms with Crippen molar-refractivity contribution in [3.8, 4) is 22.3 Å². The molecule has 4 nitrogen and oxygen atoms in total. The number of fused-ring (bicyclic) bond motifs is 6. The molecule has 1 unspecified atom stereocenters. The molecule has 0 saturated carbocycles. The first-order valence-corrected chi connectivity index (χ1v) is 17.6. The Morgan fingerprint density at radius 2 is 1.12 bits per heavy atom. The molecule has 0 aliphatic carbocycles. The van der Waals surface area contributed by atoms with E-state index in [0.29, 0.717) is 5.84 Å². The van der Waals surface area contributed by atoms with E-state index in [1.54, 1.807) is 0 Å². The molecule has 3 heterocycles. The molecule has 7 aromatic carbocycles. The van der Waals surface area contributed by atoms with E-state index in [4.69, 9.17) is 14.4 Å². The third-order valence-corrected chi connectivity index (χ3v) is 10.8. The van der Waals surface area contributed by atoms with Gasteiger partial charge in [-0.2, -0.15) is 0 Å². The number of aliphatic imine (C=N–C) groups is 2. The number of hydrogen-bond donors (Lipinski definition) is 1. The lowest BCUT2D eigenvalue weighted by Gasteiger charge is -2.24. The number of para-hydroxylation sites is 1. The highest BCUT2D eigenvalue weighted by Gasteiger charge is 2.25. The second-order valence-electron chi connectivity index (χ2n) is 12.5. The lowest BCUT2D eigenvalue weighted by Crippen LogP contribution is -2.33. The van der Waals surface area contributed by atoms with E-state index in [0.717, 1.165) is 44.5 Å². The number of benzene rings is 7. The van der Waals surface area contributed by atoms with Crippen LogP contribution < -0.4 is 5.32 Å². The van der Waals surface area contributed by atoms with Gasteiger partial charge in [0.15, 0.2) is 5.84 Å². The van der Waals surface area contributed by atoms with Gasteiger partial charge in [-0.25, -0.2) is 9.98 Å². The highest BCUT2D eigenvalue weighted by Crippen LogP contribution is 2.47. The fourth-order valence-electron chi connectivity index (χ4n) is 7.26. The van der Waals surface area contributed by atoms with Crippen LogP contribution in [0.4, 0.5) is 0 Å². The number of rotatable bonds is 5. The first-order valence-electron chi connectivity index (χ1n) is 16.8. The van der Waals surface area contributed by atoms with E-state index >= 15 is 0 Å². The van der Waals surface area contributed by atoms with E-state index in [-0.39, 0.29) is 6.17 Å². The van der Waals surface area contributed by atoms with Gasteiger partial charge in [0, 0.05) is 47.6 Å². The summed E-state index contributed by atoms with van der Waals surface area (Å²) in [6.07, 6.45) is -0.282. The van der Waals surface area contributed by atoms with Gasteiger partial charge in [-0.3, -0.25) is 0 Å². The third kappa shape index (κ3) is 4.66. The Morgan fingerprint density at radius 1 is 0.480 bits per heavy atom. The Kier molecular flexibility index (Phi) is 6.71. The first-order chi connectivity index (χ1) is 24.8. The summed E-state index contributed by atoms with van der Waals surface area (Å²) in [5.74, 6) is 1.53. The molecule has 1 atom stereocenters. The average molecular weight is 660 g/mol. The maximum absolute atomic E-state index is 6.32. The maximum Gasteiger partial charge on any atom is 0.160 e. The minimum atomic E-state index is -0.282. The van der Waals surface area contributed by atoms with E-state index < -0.39 is 0 Å². The number of thiophene rings is 1. The summed E-state index contributed by atoms with van der Waals surface area (Å²) in [5, 5.41) is 8.24. The quantitative estimate of drug-likeness (QED) is 0.200. The van der Waals surface area contributed by atoms with Crippen LogP contribution in [0.25, 0.3) is 64.4 Å². The Hall–Kier alpha value is -6.30. The minimum absolute atomic E-state index is 0.282. The van der Waals surface area contributed by atoms with Gasteiger partial charge in [-0.05, 0) is 40.5 Å². The van der Waals surface area contributed by atoms with Gasteiger partial charge in [0.25, 0.3) is 0 Å². The molecular weight excluding hydrogens is 631 g/mol. The topological polar surface area (TPSA) is 49.9 Å². The van der Waals surface area contributed by atoms with Crippen LogP contribution >= 0.6 is 11.3 Å².